The Labute approximate surface area is 162 Å². The van der Waals surface area contributed by atoms with Crippen molar-refractivity contribution < 1.29 is 19.4 Å². The largest absolute Gasteiger partial charge is 0.497 e. The second-order valence-corrected chi connectivity index (χ2v) is 6.38. The number of ether oxygens (including phenoxy) is 1. The lowest BCUT2D eigenvalue weighted by molar-refractivity contribution is -0.107. The number of carbonyl (C=O) groups excluding carboxylic acids is 2. The molecule has 0 atom stereocenters. The molecule has 1 aliphatic carbocycles. The van der Waals surface area contributed by atoms with Crippen molar-refractivity contribution in [1.82, 2.24) is 0 Å². The van der Waals surface area contributed by atoms with Gasteiger partial charge in [-0.2, -0.15) is 0 Å². The standard InChI is InChI=1S/C13H16O2.C7H8O.C3H6O/c14-12(11-7-3-1-4-8-11)13(15)9-5-2-6-10-13;1-8-7-5-3-2-4-6-7;1-2-3-4/h1,3-4,7-8,15H,2,5-6,9-10H2;2-6H,1H3;3H,2H2,1H3. The molecule has 0 aliphatic heterocycles. The first-order chi connectivity index (χ1) is 13.1. The van der Waals surface area contributed by atoms with Crippen LogP contribution in [0, 0.1) is 0 Å². The fraction of sp³-hybridized carbons (Fsp3) is 0.391. The highest BCUT2D eigenvalue weighted by Gasteiger charge is 2.37. The minimum Gasteiger partial charge on any atom is -0.497 e. The van der Waals surface area contributed by atoms with Gasteiger partial charge >= 0.3 is 0 Å². The fourth-order valence-corrected chi connectivity index (χ4v) is 2.78. The van der Waals surface area contributed by atoms with E-state index >= 15 is 0 Å². The molecule has 1 aliphatic rings. The van der Waals surface area contributed by atoms with Gasteiger partial charge in [0.1, 0.15) is 17.6 Å². The van der Waals surface area contributed by atoms with Crippen molar-refractivity contribution in [1.29, 1.82) is 0 Å². The van der Waals surface area contributed by atoms with Gasteiger partial charge < -0.3 is 14.6 Å². The minimum absolute atomic E-state index is 0.109. The third-order valence-corrected chi connectivity index (χ3v) is 4.28. The summed E-state index contributed by atoms with van der Waals surface area (Å²) < 4.78 is 4.91. The maximum Gasteiger partial charge on any atom is 0.194 e. The summed E-state index contributed by atoms with van der Waals surface area (Å²) in [5.74, 6) is 0.801. The Balaban J connectivity index is 0.000000254. The van der Waals surface area contributed by atoms with Crippen molar-refractivity contribution in [3.05, 3.63) is 66.2 Å². The summed E-state index contributed by atoms with van der Waals surface area (Å²) in [5, 5.41) is 10.2. The van der Waals surface area contributed by atoms with E-state index in [1.54, 1.807) is 19.2 Å². The topological polar surface area (TPSA) is 63.6 Å². The monoisotopic (exact) mass is 370 g/mol. The van der Waals surface area contributed by atoms with Crippen LogP contribution in [0.15, 0.2) is 60.7 Å². The van der Waals surface area contributed by atoms with Crippen molar-refractivity contribution >= 4 is 12.1 Å². The molecule has 2 aromatic rings. The van der Waals surface area contributed by atoms with Crippen molar-refractivity contribution in [2.24, 2.45) is 0 Å². The number of hydrogen-bond donors (Lipinski definition) is 1. The van der Waals surface area contributed by atoms with E-state index < -0.39 is 5.60 Å². The lowest BCUT2D eigenvalue weighted by Gasteiger charge is -2.30. The summed E-state index contributed by atoms with van der Waals surface area (Å²) in [7, 11) is 1.66. The summed E-state index contributed by atoms with van der Waals surface area (Å²) in [5.41, 5.74) is -0.471. The summed E-state index contributed by atoms with van der Waals surface area (Å²) in [6.07, 6.45) is 5.77. The Morgan fingerprint density at radius 2 is 1.48 bits per heavy atom. The van der Waals surface area contributed by atoms with E-state index in [4.69, 9.17) is 4.74 Å². The van der Waals surface area contributed by atoms with Crippen LogP contribution in [0.25, 0.3) is 0 Å². The van der Waals surface area contributed by atoms with Crippen LogP contribution >= 0.6 is 0 Å². The molecule has 4 nitrogen and oxygen atoms in total. The van der Waals surface area contributed by atoms with Crippen molar-refractivity contribution in [3.63, 3.8) is 0 Å². The van der Waals surface area contributed by atoms with Crippen LogP contribution < -0.4 is 4.74 Å². The van der Waals surface area contributed by atoms with Crippen LogP contribution in [0.2, 0.25) is 0 Å². The molecule has 0 aromatic heterocycles. The average molecular weight is 370 g/mol. The molecule has 3 rings (SSSR count). The number of aliphatic hydroxyl groups is 1. The Bertz CT molecular complexity index is 647. The molecule has 1 saturated carbocycles. The van der Waals surface area contributed by atoms with Gasteiger partial charge in [0, 0.05) is 12.0 Å². The predicted octanol–water partition coefficient (Wildman–Crippen LogP) is 4.86. The highest BCUT2D eigenvalue weighted by atomic mass is 16.5. The van der Waals surface area contributed by atoms with E-state index in [9.17, 15) is 14.7 Å². The van der Waals surface area contributed by atoms with Crippen LogP contribution in [-0.2, 0) is 4.79 Å². The smallest absolute Gasteiger partial charge is 0.194 e. The number of para-hydroxylation sites is 1. The Kier molecular flexibility index (Phi) is 10.7. The van der Waals surface area contributed by atoms with Crippen LogP contribution in [0.4, 0.5) is 0 Å². The number of rotatable bonds is 4. The fourth-order valence-electron chi connectivity index (χ4n) is 2.78. The van der Waals surface area contributed by atoms with Gasteiger partial charge in [-0.1, -0.05) is 74.7 Å². The van der Waals surface area contributed by atoms with Crippen molar-refractivity contribution in [2.45, 2.75) is 51.0 Å². The van der Waals surface area contributed by atoms with Crippen LogP contribution in [0.5, 0.6) is 5.75 Å². The molecule has 0 heterocycles. The molecular formula is C23H30O4. The minimum atomic E-state index is -1.10. The summed E-state index contributed by atoms with van der Waals surface area (Å²) in [6, 6.07) is 18.8. The van der Waals surface area contributed by atoms with Gasteiger partial charge in [-0.05, 0) is 25.0 Å². The van der Waals surface area contributed by atoms with E-state index in [0.29, 0.717) is 24.8 Å². The molecule has 1 N–H and O–H groups in total. The number of methoxy groups -OCH3 is 1. The zero-order chi connectivity index (χ0) is 20.0. The maximum atomic E-state index is 12.1. The van der Waals surface area contributed by atoms with Gasteiger partial charge in [-0.15, -0.1) is 0 Å². The molecule has 0 bridgehead atoms. The van der Waals surface area contributed by atoms with Gasteiger partial charge in [-0.3, -0.25) is 4.79 Å². The van der Waals surface area contributed by atoms with Gasteiger partial charge in [0.15, 0.2) is 5.78 Å². The zero-order valence-electron chi connectivity index (χ0n) is 16.3. The zero-order valence-corrected chi connectivity index (χ0v) is 16.3. The Morgan fingerprint density at radius 1 is 1.00 bits per heavy atom. The second kappa shape index (κ2) is 12.8. The van der Waals surface area contributed by atoms with E-state index in [1.807, 2.05) is 55.5 Å². The van der Waals surface area contributed by atoms with E-state index in [2.05, 4.69) is 0 Å². The molecule has 4 heteroatoms. The lowest BCUT2D eigenvalue weighted by Crippen LogP contribution is -2.40. The number of carbonyl (C=O) groups is 2. The van der Waals surface area contributed by atoms with E-state index in [1.165, 1.54) is 0 Å². The molecular weight excluding hydrogens is 340 g/mol. The predicted molar refractivity (Wildman–Crippen MR) is 108 cm³/mol. The molecule has 0 radical (unpaired) electrons. The van der Waals surface area contributed by atoms with E-state index in [0.717, 1.165) is 31.3 Å². The SMILES string of the molecule is CCC=O.COc1ccccc1.O=C(c1ccccc1)C1(O)CCCCC1. The third kappa shape index (κ3) is 8.18. The number of ketones is 1. The number of hydrogen-bond acceptors (Lipinski definition) is 4. The number of Topliss-reactive ketones (excluding diaryl/α,β-unsaturated/α-hetero) is 1. The molecule has 27 heavy (non-hydrogen) atoms. The number of aldehydes is 1. The first-order valence-electron chi connectivity index (χ1n) is 9.42. The van der Waals surface area contributed by atoms with Crippen LogP contribution in [0.3, 0.4) is 0 Å². The molecule has 146 valence electrons. The first-order valence-corrected chi connectivity index (χ1v) is 9.42. The highest BCUT2D eigenvalue weighted by Crippen LogP contribution is 2.30. The molecule has 0 saturated heterocycles. The molecule has 0 amide bonds. The summed E-state index contributed by atoms with van der Waals surface area (Å²) in [6.45, 7) is 1.81. The Hall–Kier alpha value is -2.46. The normalized spacial score (nSPS) is 14.5. The quantitative estimate of drug-likeness (QED) is 0.617. The van der Waals surface area contributed by atoms with Gasteiger partial charge in [0.25, 0.3) is 0 Å². The van der Waals surface area contributed by atoms with Gasteiger partial charge in [0.2, 0.25) is 0 Å². The molecule has 2 aromatic carbocycles. The maximum absolute atomic E-state index is 12.1. The highest BCUT2D eigenvalue weighted by molar-refractivity contribution is 6.02. The number of benzene rings is 2. The average Bonchev–Trinajstić information content (AvgIpc) is 2.75. The Morgan fingerprint density at radius 3 is 1.89 bits per heavy atom. The molecule has 0 unspecified atom stereocenters. The van der Waals surface area contributed by atoms with Crippen LogP contribution in [0.1, 0.15) is 55.8 Å². The second-order valence-electron chi connectivity index (χ2n) is 6.38. The third-order valence-electron chi connectivity index (χ3n) is 4.28. The van der Waals surface area contributed by atoms with Gasteiger partial charge in [0.05, 0.1) is 7.11 Å². The van der Waals surface area contributed by atoms with Crippen molar-refractivity contribution in [2.75, 3.05) is 7.11 Å². The first kappa shape index (κ1) is 22.6. The van der Waals surface area contributed by atoms with Gasteiger partial charge in [-0.25, -0.2) is 0 Å². The van der Waals surface area contributed by atoms with E-state index in [-0.39, 0.29) is 5.78 Å². The summed E-state index contributed by atoms with van der Waals surface area (Å²) in [4.78, 5) is 21.2. The molecule has 1 fully saturated rings. The summed E-state index contributed by atoms with van der Waals surface area (Å²) >= 11 is 0. The lowest BCUT2D eigenvalue weighted by atomic mass is 9.79. The van der Waals surface area contributed by atoms with Crippen molar-refractivity contribution in [3.8, 4) is 5.75 Å². The van der Waals surface area contributed by atoms with Crippen LogP contribution in [-0.4, -0.2) is 29.9 Å². The molecule has 0 spiro atoms.